The zero-order valence-electron chi connectivity index (χ0n) is 12.8. The molecule has 0 aromatic heterocycles. The van der Waals surface area contributed by atoms with Gasteiger partial charge >= 0.3 is 0 Å². The van der Waals surface area contributed by atoms with Crippen molar-refractivity contribution < 1.29 is 10.2 Å². The van der Waals surface area contributed by atoms with Crippen LogP contribution in [0.15, 0.2) is 48.5 Å². The van der Waals surface area contributed by atoms with Crippen LogP contribution in [-0.2, 0) is 5.41 Å². The summed E-state index contributed by atoms with van der Waals surface area (Å²) in [6.07, 6.45) is 4.62. The molecule has 0 heterocycles. The summed E-state index contributed by atoms with van der Waals surface area (Å²) in [7, 11) is 0. The van der Waals surface area contributed by atoms with Gasteiger partial charge in [-0.3, -0.25) is 0 Å². The first-order valence-electron chi connectivity index (χ1n) is 7.65. The maximum atomic E-state index is 9.51. The molecule has 2 aromatic carbocycles. The van der Waals surface area contributed by atoms with Crippen LogP contribution in [0.3, 0.4) is 0 Å². The number of aromatic hydroxyl groups is 2. The SMILES string of the molecule is CCCCCC(C)(c1ccc(O)cc1)c1ccc(O)cc1. The minimum atomic E-state index is -0.101. The van der Waals surface area contributed by atoms with E-state index < -0.39 is 0 Å². The lowest BCUT2D eigenvalue weighted by Gasteiger charge is -2.31. The van der Waals surface area contributed by atoms with Crippen LogP contribution in [0.25, 0.3) is 0 Å². The molecule has 2 nitrogen and oxygen atoms in total. The average molecular weight is 284 g/mol. The molecule has 0 unspecified atom stereocenters. The second-order valence-corrected chi connectivity index (χ2v) is 5.88. The molecule has 2 N–H and O–H groups in total. The highest BCUT2D eigenvalue weighted by molar-refractivity contribution is 5.42. The molecular formula is C19H24O2. The Hall–Kier alpha value is -1.96. The van der Waals surface area contributed by atoms with Crippen LogP contribution in [0, 0.1) is 0 Å². The van der Waals surface area contributed by atoms with Gasteiger partial charge < -0.3 is 10.2 Å². The molecule has 0 spiro atoms. The largest absolute Gasteiger partial charge is 0.508 e. The fourth-order valence-corrected chi connectivity index (χ4v) is 2.84. The van der Waals surface area contributed by atoms with Crippen molar-refractivity contribution in [1.29, 1.82) is 0 Å². The molecule has 2 aromatic rings. The quantitative estimate of drug-likeness (QED) is 0.734. The van der Waals surface area contributed by atoms with Crippen LogP contribution >= 0.6 is 0 Å². The number of unbranched alkanes of at least 4 members (excludes halogenated alkanes) is 2. The van der Waals surface area contributed by atoms with Gasteiger partial charge in [-0.15, -0.1) is 0 Å². The van der Waals surface area contributed by atoms with Crippen molar-refractivity contribution >= 4 is 0 Å². The summed E-state index contributed by atoms with van der Waals surface area (Å²) >= 11 is 0. The summed E-state index contributed by atoms with van der Waals surface area (Å²) in [4.78, 5) is 0. The molecule has 0 aliphatic rings. The second kappa shape index (κ2) is 6.66. The standard InChI is InChI=1S/C19H24O2/c1-3-4-5-14-19(2,15-6-10-17(20)11-7-15)16-8-12-18(21)13-9-16/h6-13,20-21H,3-5,14H2,1-2H3. The molecule has 0 aliphatic carbocycles. The maximum absolute atomic E-state index is 9.51. The Balaban J connectivity index is 2.37. The number of phenolic OH excluding ortho intramolecular Hbond substituents is 2. The monoisotopic (exact) mass is 284 g/mol. The van der Waals surface area contributed by atoms with E-state index >= 15 is 0 Å². The summed E-state index contributed by atoms with van der Waals surface area (Å²) < 4.78 is 0. The van der Waals surface area contributed by atoms with E-state index in [1.807, 2.05) is 24.3 Å². The van der Waals surface area contributed by atoms with Gasteiger partial charge in [0, 0.05) is 5.41 Å². The van der Waals surface area contributed by atoms with Crippen molar-refractivity contribution in [2.45, 2.75) is 44.9 Å². The number of rotatable bonds is 6. The van der Waals surface area contributed by atoms with Crippen LogP contribution in [-0.4, -0.2) is 10.2 Å². The summed E-state index contributed by atoms with van der Waals surface area (Å²) in [6, 6.07) is 15.0. The minimum absolute atomic E-state index is 0.101. The van der Waals surface area contributed by atoms with Gasteiger partial charge in [-0.2, -0.15) is 0 Å². The van der Waals surface area contributed by atoms with Crippen molar-refractivity contribution in [3.8, 4) is 11.5 Å². The van der Waals surface area contributed by atoms with Gasteiger partial charge in [-0.05, 0) is 41.8 Å². The lowest BCUT2D eigenvalue weighted by atomic mass is 9.72. The highest BCUT2D eigenvalue weighted by atomic mass is 16.3. The number of hydrogen-bond acceptors (Lipinski definition) is 2. The zero-order valence-corrected chi connectivity index (χ0v) is 12.8. The van der Waals surface area contributed by atoms with Crippen molar-refractivity contribution in [3.63, 3.8) is 0 Å². The van der Waals surface area contributed by atoms with Gasteiger partial charge in [0.15, 0.2) is 0 Å². The summed E-state index contributed by atoms with van der Waals surface area (Å²) in [5, 5.41) is 19.0. The Morgan fingerprint density at radius 1 is 0.762 bits per heavy atom. The van der Waals surface area contributed by atoms with E-state index in [1.54, 1.807) is 24.3 Å². The van der Waals surface area contributed by atoms with Gasteiger partial charge in [-0.25, -0.2) is 0 Å². The molecule has 2 heteroatoms. The molecule has 2 rings (SSSR count). The summed E-state index contributed by atoms with van der Waals surface area (Å²) in [5.41, 5.74) is 2.29. The molecule has 0 saturated carbocycles. The highest BCUT2D eigenvalue weighted by Gasteiger charge is 2.28. The molecule has 21 heavy (non-hydrogen) atoms. The van der Waals surface area contributed by atoms with Gasteiger partial charge in [-0.1, -0.05) is 57.4 Å². The molecular weight excluding hydrogens is 260 g/mol. The maximum Gasteiger partial charge on any atom is 0.115 e. The van der Waals surface area contributed by atoms with Gasteiger partial charge in [0.05, 0.1) is 0 Å². The van der Waals surface area contributed by atoms with Crippen LogP contribution in [0.4, 0.5) is 0 Å². The van der Waals surface area contributed by atoms with Crippen LogP contribution in [0.1, 0.15) is 50.7 Å². The van der Waals surface area contributed by atoms with E-state index in [-0.39, 0.29) is 5.41 Å². The summed E-state index contributed by atoms with van der Waals surface area (Å²) in [5.74, 6) is 0.584. The Labute approximate surface area is 127 Å². The predicted molar refractivity (Wildman–Crippen MR) is 86.8 cm³/mol. The van der Waals surface area contributed by atoms with Gasteiger partial charge in [0.2, 0.25) is 0 Å². The van der Waals surface area contributed by atoms with Crippen LogP contribution in [0.2, 0.25) is 0 Å². The first kappa shape index (κ1) is 15.4. The first-order valence-corrected chi connectivity index (χ1v) is 7.65. The molecule has 0 radical (unpaired) electrons. The lowest BCUT2D eigenvalue weighted by molar-refractivity contribution is 0.464. The lowest BCUT2D eigenvalue weighted by Crippen LogP contribution is -2.23. The third kappa shape index (κ3) is 3.57. The Kier molecular flexibility index (Phi) is 4.89. The van der Waals surface area contributed by atoms with Crippen molar-refractivity contribution in [2.75, 3.05) is 0 Å². The third-order valence-corrected chi connectivity index (χ3v) is 4.29. The Bertz CT molecular complexity index is 510. The van der Waals surface area contributed by atoms with E-state index in [9.17, 15) is 10.2 Å². The molecule has 0 aliphatic heterocycles. The van der Waals surface area contributed by atoms with E-state index in [0.717, 1.165) is 12.8 Å². The predicted octanol–water partition coefficient (Wildman–Crippen LogP) is 4.98. The van der Waals surface area contributed by atoms with Crippen molar-refractivity contribution in [3.05, 3.63) is 59.7 Å². The fourth-order valence-electron chi connectivity index (χ4n) is 2.84. The average Bonchev–Trinajstić information content (AvgIpc) is 2.48. The van der Waals surface area contributed by atoms with E-state index in [2.05, 4.69) is 13.8 Å². The molecule has 0 saturated heterocycles. The van der Waals surface area contributed by atoms with E-state index in [0.29, 0.717) is 11.5 Å². The molecule has 112 valence electrons. The van der Waals surface area contributed by atoms with E-state index in [1.165, 1.54) is 24.0 Å². The minimum Gasteiger partial charge on any atom is -0.508 e. The first-order chi connectivity index (χ1) is 10.1. The topological polar surface area (TPSA) is 40.5 Å². The van der Waals surface area contributed by atoms with Gasteiger partial charge in [0.25, 0.3) is 0 Å². The van der Waals surface area contributed by atoms with E-state index in [4.69, 9.17) is 0 Å². The number of benzene rings is 2. The van der Waals surface area contributed by atoms with Crippen LogP contribution < -0.4 is 0 Å². The number of hydrogen-bond donors (Lipinski definition) is 2. The van der Waals surface area contributed by atoms with Gasteiger partial charge in [0.1, 0.15) is 11.5 Å². The second-order valence-electron chi connectivity index (χ2n) is 5.88. The van der Waals surface area contributed by atoms with Crippen LogP contribution in [0.5, 0.6) is 11.5 Å². The normalized spacial score (nSPS) is 11.5. The smallest absolute Gasteiger partial charge is 0.115 e. The fraction of sp³-hybridized carbons (Fsp3) is 0.368. The highest BCUT2D eigenvalue weighted by Crippen LogP contribution is 2.38. The molecule has 0 amide bonds. The molecule has 0 fully saturated rings. The Morgan fingerprint density at radius 2 is 1.19 bits per heavy atom. The van der Waals surface area contributed by atoms with Crippen molar-refractivity contribution in [2.24, 2.45) is 0 Å². The van der Waals surface area contributed by atoms with Crippen molar-refractivity contribution in [1.82, 2.24) is 0 Å². The molecule has 0 atom stereocenters. The Morgan fingerprint density at radius 3 is 1.57 bits per heavy atom. The molecule has 0 bridgehead atoms. The third-order valence-electron chi connectivity index (χ3n) is 4.29. The number of phenols is 2. The summed E-state index contributed by atoms with van der Waals surface area (Å²) in [6.45, 7) is 4.44. The zero-order chi connectivity index (χ0) is 15.3.